The molecule has 204 valence electrons. The summed E-state index contributed by atoms with van der Waals surface area (Å²) >= 11 is 0. The minimum atomic E-state index is -3.09. The molecule has 0 saturated carbocycles. The summed E-state index contributed by atoms with van der Waals surface area (Å²) < 4.78 is 40.1. The molecule has 7 heteroatoms. The lowest BCUT2D eigenvalue weighted by Crippen LogP contribution is -2.24. The molecule has 0 aromatic heterocycles. The van der Waals surface area contributed by atoms with Crippen molar-refractivity contribution in [3.63, 3.8) is 0 Å². The minimum absolute atomic E-state index is 0.0793. The number of nitrogens with one attached hydrogen (secondary N) is 1. The van der Waals surface area contributed by atoms with Crippen LogP contribution in [0.15, 0.2) is 103 Å². The second-order valence-corrected chi connectivity index (χ2v) is 9.28. The molecule has 4 aromatic carbocycles. The van der Waals surface area contributed by atoms with Crippen LogP contribution in [0, 0.1) is 0 Å². The maximum atomic E-state index is 14.4. The Morgan fingerprint density at radius 2 is 1.51 bits per heavy atom. The molecule has 39 heavy (non-hydrogen) atoms. The molecule has 3 N–H and O–H groups in total. The maximum Gasteiger partial charge on any atom is 0.306 e. The van der Waals surface area contributed by atoms with Crippen LogP contribution < -0.4 is 14.8 Å². The van der Waals surface area contributed by atoms with Gasteiger partial charge in [-0.2, -0.15) is 8.78 Å². The van der Waals surface area contributed by atoms with Gasteiger partial charge in [0.25, 0.3) is 0 Å². The normalized spacial score (nSPS) is 12.2. The Morgan fingerprint density at radius 3 is 2.26 bits per heavy atom. The number of ether oxygens (including phenoxy) is 2. The fourth-order valence-corrected chi connectivity index (χ4v) is 4.13. The third kappa shape index (κ3) is 8.35. The SMILES string of the molecule is OCc1cc([C@@H](O)CNCCc2cccc(OCC(F)(F)c3ccccc3)c2)ccc1OCc1ccccc1. The van der Waals surface area contributed by atoms with E-state index in [1.165, 1.54) is 12.1 Å². The van der Waals surface area contributed by atoms with Gasteiger partial charge in [0.2, 0.25) is 0 Å². The average Bonchev–Trinajstić information content (AvgIpc) is 2.98. The highest BCUT2D eigenvalue weighted by Crippen LogP contribution is 2.29. The van der Waals surface area contributed by atoms with Gasteiger partial charge in [-0.15, -0.1) is 0 Å². The smallest absolute Gasteiger partial charge is 0.306 e. The van der Waals surface area contributed by atoms with Crippen LogP contribution in [0.1, 0.15) is 33.9 Å². The number of benzene rings is 4. The van der Waals surface area contributed by atoms with Crippen molar-refractivity contribution in [2.24, 2.45) is 0 Å². The van der Waals surface area contributed by atoms with Gasteiger partial charge in [-0.25, -0.2) is 0 Å². The zero-order valence-corrected chi connectivity index (χ0v) is 21.6. The minimum Gasteiger partial charge on any atom is -0.489 e. The van der Waals surface area contributed by atoms with E-state index in [1.54, 1.807) is 54.6 Å². The van der Waals surface area contributed by atoms with Gasteiger partial charge in [-0.05, 0) is 53.9 Å². The Hall–Kier alpha value is -3.78. The first kappa shape index (κ1) is 28.2. The predicted molar refractivity (Wildman–Crippen MR) is 147 cm³/mol. The number of rotatable bonds is 14. The van der Waals surface area contributed by atoms with Gasteiger partial charge in [-0.1, -0.05) is 78.9 Å². The Bertz CT molecular complexity index is 1300. The second-order valence-electron chi connectivity index (χ2n) is 9.28. The van der Waals surface area contributed by atoms with E-state index in [9.17, 15) is 19.0 Å². The van der Waals surface area contributed by atoms with Crippen LogP contribution in [0.2, 0.25) is 0 Å². The summed E-state index contributed by atoms with van der Waals surface area (Å²) in [6.45, 7) is 0.337. The number of hydrogen-bond acceptors (Lipinski definition) is 5. The van der Waals surface area contributed by atoms with Crippen molar-refractivity contribution in [2.75, 3.05) is 19.7 Å². The highest BCUT2D eigenvalue weighted by molar-refractivity contribution is 5.38. The third-order valence-electron chi connectivity index (χ3n) is 6.32. The topological polar surface area (TPSA) is 71.0 Å². The molecular weight excluding hydrogens is 500 g/mol. The van der Waals surface area contributed by atoms with Crippen molar-refractivity contribution in [3.8, 4) is 11.5 Å². The molecule has 0 unspecified atom stereocenters. The van der Waals surface area contributed by atoms with Crippen LogP contribution in [0.4, 0.5) is 8.78 Å². The average molecular weight is 534 g/mol. The predicted octanol–water partition coefficient (Wildman–Crippen LogP) is 5.79. The van der Waals surface area contributed by atoms with Gasteiger partial charge in [0, 0.05) is 17.7 Å². The molecule has 4 rings (SSSR count). The summed E-state index contributed by atoms with van der Waals surface area (Å²) in [6.07, 6.45) is -0.138. The van der Waals surface area contributed by atoms with E-state index in [0.717, 1.165) is 11.1 Å². The molecule has 0 aliphatic rings. The highest BCUT2D eigenvalue weighted by atomic mass is 19.3. The zero-order valence-electron chi connectivity index (χ0n) is 21.6. The molecule has 0 aliphatic heterocycles. The molecule has 0 aliphatic carbocycles. The fourth-order valence-electron chi connectivity index (χ4n) is 4.13. The lowest BCUT2D eigenvalue weighted by Gasteiger charge is -2.18. The molecule has 0 saturated heterocycles. The highest BCUT2D eigenvalue weighted by Gasteiger charge is 2.32. The van der Waals surface area contributed by atoms with Crippen molar-refractivity contribution >= 4 is 0 Å². The van der Waals surface area contributed by atoms with Crippen molar-refractivity contribution in [2.45, 2.75) is 31.7 Å². The fraction of sp³-hybridized carbons (Fsp3) is 0.250. The van der Waals surface area contributed by atoms with E-state index in [2.05, 4.69) is 5.32 Å². The first-order valence-corrected chi connectivity index (χ1v) is 12.9. The van der Waals surface area contributed by atoms with Crippen LogP contribution >= 0.6 is 0 Å². The molecule has 0 heterocycles. The molecular formula is C32H33F2NO4. The summed E-state index contributed by atoms with van der Waals surface area (Å²) in [5, 5.41) is 23.7. The summed E-state index contributed by atoms with van der Waals surface area (Å²) in [6, 6.07) is 29.8. The van der Waals surface area contributed by atoms with Crippen LogP contribution in [-0.4, -0.2) is 29.9 Å². The molecule has 1 atom stereocenters. The number of aliphatic hydroxyl groups is 2. The molecule has 5 nitrogen and oxygen atoms in total. The van der Waals surface area contributed by atoms with E-state index in [1.807, 2.05) is 36.4 Å². The quantitative estimate of drug-likeness (QED) is 0.179. The molecule has 0 spiro atoms. The Labute approximate surface area is 227 Å². The number of aliphatic hydroxyl groups excluding tert-OH is 2. The van der Waals surface area contributed by atoms with E-state index < -0.39 is 18.6 Å². The largest absolute Gasteiger partial charge is 0.489 e. The number of hydrogen-bond donors (Lipinski definition) is 3. The third-order valence-corrected chi connectivity index (χ3v) is 6.32. The molecule has 0 bridgehead atoms. The molecule has 4 aromatic rings. The summed E-state index contributed by atoms with van der Waals surface area (Å²) in [5.74, 6) is -2.12. The monoisotopic (exact) mass is 533 g/mol. The van der Waals surface area contributed by atoms with Crippen LogP contribution in [0.5, 0.6) is 11.5 Å². The lowest BCUT2D eigenvalue weighted by atomic mass is 10.0. The Kier molecular flexibility index (Phi) is 10.0. The molecule has 0 radical (unpaired) electrons. The standard InChI is InChI=1S/C32H33F2NO4/c33-32(34,28-11-5-2-6-12-28)23-39-29-13-7-10-24(18-29)16-17-35-20-30(37)26-14-15-31(27(19-26)21-36)38-22-25-8-3-1-4-9-25/h1-15,18-19,30,35-37H,16-17,20-23H2/t30-/m0/s1. The Morgan fingerprint density at radius 1 is 0.795 bits per heavy atom. The van der Waals surface area contributed by atoms with Gasteiger partial charge < -0.3 is 25.0 Å². The first-order valence-electron chi connectivity index (χ1n) is 12.9. The van der Waals surface area contributed by atoms with Gasteiger partial charge in [-0.3, -0.25) is 0 Å². The number of alkyl halides is 2. The van der Waals surface area contributed by atoms with Gasteiger partial charge in [0.1, 0.15) is 18.1 Å². The van der Waals surface area contributed by atoms with E-state index in [0.29, 0.717) is 48.7 Å². The zero-order chi connectivity index (χ0) is 27.5. The van der Waals surface area contributed by atoms with Crippen molar-refractivity contribution < 1.29 is 28.5 Å². The number of halogens is 2. The van der Waals surface area contributed by atoms with Gasteiger partial charge in [0.05, 0.1) is 12.7 Å². The van der Waals surface area contributed by atoms with E-state index >= 15 is 0 Å². The van der Waals surface area contributed by atoms with Crippen LogP contribution in [0.25, 0.3) is 0 Å². The second kappa shape index (κ2) is 13.8. The van der Waals surface area contributed by atoms with Crippen molar-refractivity contribution in [3.05, 3.63) is 131 Å². The van der Waals surface area contributed by atoms with Crippen LogP contribution in [0.3, 0.4) is 0 Å². The Balaban J connectivity index is 1.23. The van der Waals surface area contributed by atoms with Gasteiger partial charge >= 0.3 is 5.92 Å². The van der Waals surface area contributed by atoms with E-state index in [-0.39, 0.29) is 12.2 Å². The summed E-state index contributed by atoms with van der Waals surface area (Å²) in [7, 11) is 0. The van der Waals surface area contributed by atoms with Crippen LogP contribution in [-0.2, 0) is 25.6 Å². The van der Waals surface area contributed by atoms with Gasteiger partial charge in [0.15, 0.2) is 6.61 Å². The maximum absolute atomic E-state index is 14.4. The first-order chi connectivity index (χ1) is 18.9. The molecule has 0 amide bonds. The lowest BCUT2D eigenvalue weighted by molar-refractivity contribution is -0.0467. The summed E-state index contributed by atoms with van der Waals surface area (Å²) in [4.78, 5) is 0. The van der Waals surface area contributed by atoms with Crippen molar-refractivity contribution in [1.82, 2.24) is 5.32 Å². The molecule has 0 fully saturated rings. The van der Waals surface area contributed by atoms with E-state index in [4.69, 9.17) is 9.47 Å². The summed E-state index contributed by atoms with van der Waals surface area (Å²) in [5.41, 5.74) is 3.16. The van der Waals surface area contributed by atoms with Crippen molar-refractivity contribution in [1.29, 1.82) is 0 Å².